The molecule has 11 nitrogen and oxygen atoms in total. The number of halogens is 3. The second kappa shape index (κ2) is 12.3. The molecule has 0 aliphatic heterocycles. The highest BCUT2D eigenvalue weighted by molar-refractivity contribution is 6.14. The predicted octanol–water partition coefficient (Wildman–Crippen LogP) is 6.06. The summed E-state index contributed by atoms with van der Waals surface area (Å²) >= 11 is 0. The molecule has 4 rings (SSSR count). The molecule has 0 aliphatic rings. The van der Waals surface area contributed by atoms with Crippen LogP contribution in [-0.2, 0) is 15.8 Å². The largest absolute Gasteiger partial charge is 0.478 e. The van der Waals surface area contributed by atoms with Gasteiger partial charge in [0.25, 0.3) is 5.91 Å². The van der Waals surface area contributed by atoms with E-state index >= 15 is 0 Å². The molecule has 0 aliphatic carbocycles. The van der Waals surface area contributed by atoms with Crippen molar-refractivity contribution in [1.82, 2.24) is 5.16 Å². The molecule has 0 atom stereocenters. The monoisotopic (exact) mass is 607 g/mol. The van der Waals surface area contributed by atoms with Crippen molar-refractivity contribution in [3.63, 3.8) is 0 Å². The number of carbonyl (C=O) groups is 4. The number of carboxylic acids is 1. The predicted molar refractivity (Wildman–Crippen MR) is 153 cm³/mol. The van der Waals surface area contributed by atoms with Gasteiger partial charge in [0.05, 0.1) is 39.5 Å². The van der Waals surface area contributed by atoms with E-state index in [2.05, 4.69) is 15.8 Å². The van der Waals surface area contributed by atoms with Crippen LogP contribution in [0.4, 0.5) is 30.2 Å². The van der Waals surface area contributed by atoms with E-state index < -0.39 is 35.4 Å². The number of alkyl halides is 3. The van der Waals surface area contributed by atoms with E-state index in [1.54, 1.807) is 6.92 Å². The van der Waals surface area contributed by atoms with Crippen molar-refractivity contribution in [3.05, 3.63) is 70.9 Å². The summed E-state index contributed by atoms with van der Waals surface area (Å²) in [4.78, 5) is 50.5. The van der Waals surface area contributed by atoms with Crippen molar-refractivity contribution in [2.45, 2.75) is 32.9 Å². The van der Waals surface area contributed by atoms with Crippen LogP contribution in [-0.4, -0.2) is 41.0 Å². The van der Waals surface area contributed by atoms with Crippen LogP contribution >= 0.6 is 0 Å². The minimum absolute atomic E-state index is 0.00979. The second-order valence-corrected chi connectivity index (χ2v) is 9.67. The first-order valence-electron chi connectivity index (χ1n) is 13.0. The van der Waals surface area contributed by atoms with Gasteiger partial charge in [-0.15, -0.1) is 0 Å². The maximum absolute atomic E-state index is 14.3. The number of nitrogens with zero attached hydrogens (tertiary/aromatic N) is 3. The van der Waals surface area contributed by atoms with E-state index in [0.717, 1.165) is 30.0 Å². The Kier molecular flexibility index (Phi) is 8.70. The summed E-state index contributed by atoms with van der Waals surface area (Å²) in [6.45, 7) is 2.91. The molecule has 14 heteroatoms. The van der Waals surface area contributed by atoms with Crippen molar-refractivity contribution in [2.24, 2.45) is 0 Å². The minimum Gasteiger partial charge on any atom is -0.478 e. The Balaban J connectivity index is 1.90. The molecule has 0 bridgehead atoms. The molecular formula is C30H24F3N5O6. The summed E-state index contributed by atoms with van der Waals surface area (Å²) in [7, 11) is 1.38. The molecule has 1 heterocycles. The summed E-state index contributed by atoms with van der Waals surface area (Å²) in [5.41, 5.74) is -2.44. The molecule has 0 saturated carbocycles. The number of nitrogens with one attached hydrogen (secondary N) is 2. The van der Waals surface area contributed by atoms with Crippen LogP contribution in [0.5, 0.6) is 0 Å². The average molecular weight is 608 g/mol. The van der Waals surface area contributed by atoms with Gasteiger partial charge in [-0.3, -0.25) is 14.4 Å². The lowest BCUT2D eigenvalue weighted by molar-refractivity contribution is -0.137. The maximum atomic E-state index is 14.3. The van der Waals surface area contributed by atoms with E-state index in [0.29, 0.717) is 6.42 Å². The van der Waals surface area contributed by atoms with Crippen molar-refractivity contribution >= 4 is 51.7 Å². The van der Waals surface area contributed by atoms with Gasteiger partial charge in [-0.25, -0.2) is 4.79 Å². The Morgan fingerprint density at radius 3 is 2.39 bits per heavy atom. The molecule has 3 aromatic carbocycles. The van der Waals surface area contributed by atoms with Crippen molar-refractivity contribution in [1.29, 1.82) is 5.26 Å². The number of anilines is 3. The molecule has 0 spiro atoms. The Hall–Kier alpha value is -5.71. The van der Waals surface area contributed by atoms with Crippen LogP contribution in [0.2, 0.25) is 0 Å². The summed E-state index contributed by atoms with van der Waals surface area (Å²) in [6.07, 6.45) is -4.33. The molecule has 0 unspecified atom stereocenters. The molecule has 4 aromatic rings. The highest BCUT2D eigenvalue weighted by Gasteiger charge is 2.35. The third-order valence-corrected chi connectivity index (χ3v) is 6.57. The normalized spacial score (nSPS) is 11.1. The number of aromatic carboxylic acids is 1. The Morgan fingerprint density at radius 1 is 1.05 bits per heavy atom. The van der Waals surface area contributed by atoms with Gasteiger partial charge >= 0.3 is 12.1 Å². The summed E-state index contributed by atoms with van der Waals surface area (Å²) in [5, 5.41) is 27.2. The first-order chi connectivity index (χ1) is 20.7. The smallest absolute Gasteiger partial charge is 0.417 e. The zero-order valence-corrected chi connectivity index (χ0v) is 23.5. The van der Waals surface area contributed by atoms with Crippen LogP contribution < -0.4 is 15.5 Å². The number of carbonyl (C=O) groups excluding carboxylic acids is 3. The van der Waals surface area contributed by atoms with Gasteiger partial charge in [0.1, 0.15) is 0 Å². The third-order valence-electron chi connectivity index (χ3n) is 6.57. The Bertz CT molecular complexity index is 1860. The molecule has 0 fully saturated rings. The standard InChI is InChI=1S/C30H24F3N5O6/c1-4-5-26(40)38(3)24-12-21-25(13-19(24)18-8-7-17(35-15(2)39)11-22(18)30(31,32)33)44-37-27(21)28(41)36-23-9-6-16(14-34)10-20(23)29(42)43/h6-13H,4-5H2,1-3H3,(H,35,39)(H,36,41)(H,42,43). The summed E-state index contributed by atoms with van der Waals surface area (Å²) in [6, 6.07) is 11.1. The van der Waals surface area contributed by atoms with E-state index in [1.807, 2.05) is 6.07 Å². The van der Waals surface area contributed by atoms with Gasteiger partial charge in [-0.05, 0) is 54.4 Å². The number of nitriles is 1. The van der Waals surface area contributed by atoms with Gasteiger partial charge in [0.15, 0.2) is 11.3 Å². The number of aromatic nitrogens is 1. The van der Waals surface area contributed by atoms with Crippen molar-refractivity contribution in [2.75, 3.05) is 22.6 Å². The number of hydrogen-bond acceptors (Lipinski definition) is 7. The van der Waals surface area contributed by atoms with Gasteiger partial charge < -0.3 is 25.2 Å². The molecule has 0 radical (unpaired) electrons. The second-order valence-electron chi connectivity index (χ2n) is 9.67. The SMILES string of the molecule is CCCC(=O)N(C)c1cc2c(C(=O)Nc3ccc(C#N)cc3C(=O)O)noc2cc1-c1ccc(NC(C)=O)cc1C(F)(F)F. The molecule has 3 amide bonds. The van der Waals surface area contributed by atoms with Crippen LogP contribution in [0.25, 0.3) is 22.1 Å². The van der Waals surface area contributed by atoms with Crippen LogP contribution in [0.15, 0.2) is 53.1 Å². The summed E-state index contributed by atoms with van der Waals surface area (Å²) in [5.74, 6) is -3.30. The lowest BCUT2D eigenvalue weighted by Gasteiger charge is -2.23. The lowest BCUT2D eigenvalue weighted by Crippen LogP contribution is -2.26. The number of rotatable bonds is 8. The Labute approximate surface area is 247 Å². The zero-order chi connectivity index (χ0) is 32.3. The fourth-order valence-electron chi connectivity index (χ4n) is 4.52. The molecule has 0 saturated heterocycles. The van der Waals surface area contributed by atoms with Crippen LogP contribution in [0.1, 0.15) is 58.7 Å². The first-order valence-corrected chi connectivity index (χ1v) is 13.0. The quantitative estimate of drug-likeness (QED) is 0.217. The average Bonchev–Trinajstić information content (AvgIpc) is 3.38. The zero-order valence-electron chi connectivity index (χ0n) is 23.5. The van der Waals surface area contributed by atoms with E-state index in [-0.39, 0.29) is 62.4 Å². The van der Waals surface area contributed by atoms with Gasteiger partial charge in [-0.1, -0.05) is 18.1 Å². The molecular weight excluding hydrogens is 583 g/mol. The lowest BCUT2D eigenvalue weighted by atomic mass is 9.95. The van der Waals surface area contributed by atoms with Gasteiger partial charge in [0.2, 0.25) is 11.8 Å². The topological polar surface area (TPSA) is 166 Å². The van der Waals surface area contributed by atoms with E-state index in [9.17, 15) is 37.5 Å². The molecule has 226 valence electrons. The number of carboxylic acid groups (broad SMARTS) is 1. The third kappa shape index (κ3) is 6.36. The molecule has 1 aromatic heterocycles. The summed E-state index contributed by atoms with van der Waals surface area (Å²) < 4.78 is 48.2. The first kappa shape index (κ1) is 31.2. The molecule has 44 heavy (non-hydrogen) atoms. The van der Waals surface area contributed by atoms with Gasteiger partial charge in [0, 0.05) is 31.6 Å². The number of amides is 3. The fraction of sp³-hybridized carbons (Fsp3) is 0.200. The highest BCUT2D eigenvalue weighted by atomic mass is 19.4. The Morgan fingerprint density at radius 2 is 1.77 bits per heavy atom. The molecule has 3 N–H and O–H groups in total. The maximum Gasteiger partial charge on any atom is 0.417 e. The van der Waals surface area contributed by atoms with E-state index in [1.165, 1.54) is 37.4 Å². The van der Waals surface area contributed by atoms with E-state index in [4.69, 9.17) is 9.78 Å². The number of hydrogen-bond donors (Lipinski definition) is 3. The number of fused-ring (bicyclic) bond motifs is 1. The fourth-order valence-corrected chi connectivity index (χ4v) is 4.52. The highest BCUT2D eigenvalue weighted by Crippen LogP contribution is 2.43. The van der Waals surface area contributed by atoms with Gasteiger partial charge in [-0.2, -0.15) is 18.4 Å². The van der Waals surface area contributed by atoms with Crippen molar-refractivity contribution < 1.29 is 42.0 Å². The number of benzene rings is 3. The minimum atomic E-state index is -4.86. The van der Waals surface area contributed by atoms with Crippen LogP contribution in [0, 0.1) is 11.3 Å². The van der Waals surface area contributed by atoms with Crippen molar-refractivity contribution in [3.8, 4) is 17.2 Å². The van der Waals surface area contributed by atoms with Crippen LogP contribution in [0.3, 0.4) is 0 Å².